The first kappa shape index (κ1) is 18.0. The number of likely N-dealkylation sites (N-methyl/N-ethyl adjacent to an activating group) is 2. The molecule has 24 heavy (non-hydrogen) atoms. The smallest absolute Gasteiger partial charge is 0.244 e. The van der Waals surface area contributed by atoms with Crippen molar-refractivity contribution in [1.82, 2.24) is 9.80 Å². The van der Waals surface area contributed by atoms with Crippen LogP contribution in [0.3, 0.4) is 0 Å². The lowest BCUT2D eigenvalue weighted by Gasteiger charge is -2.29. The zero-order valence-corrected chi connectivity index (χ0v) is 14.9. The Morgan fingerprint density at radius 2 is 1.62 bits per heavy atom. The third kappa shape index (κ3) is 4.59. The number of amides is 1. The van der Waals surface area contributed by atoms with Gasteiger partial charge in [0.1, 0.15) is 11.8 Å². The van der Waals surface area contributed by atoms with Gasteiger partial charge in [-0.3, -0.25) is 9.69 Å². The van der Waals surface area contributed by atoms with Crippen molar-refractivity contribution in [3.63, 3.8) is 0 Å². The molecule has 1 amide bonds. The summed E-state index contributed by atoms with van der Waals surface area (Å²) >= 11 is 0. The average Bonchev–Trinajstić information content (AvgIpc) is 2.58. The summed E-state index contributed by atoms with van der Waals surface area (Å²) in [6, 6.07) is 17.6. The van der Waals surface area contributed by atoms with Crippen LogP contribution < -0.4 is 4.74 Å². The first-order chi connectivity index (χ1) is 11.5. The summed E-state index contributed by atoms with van der Waals surface area (Å²) < 4.78 is 5.48. The number of hydrogen-bond acceptors (Lipinski definition) is 3. The van der Waals surface area contributed by atoms with Crippen molar-refractivity contribution < 1.29 is 9.53 Å². The Kier molecular flexibility index (Phi) is 6.38. The Bertz CT molecular complexity index is 638. The molecule has 4 nitrogen and oxygen atoms in total. The maximum Gasteiger partial charge on any atom is 0.244 e. The van der Waals surface area contributed by atoms with E-state index in [1.54, 1.807) is 19.0 Å². The highest BCUT2D eigenvalue weighted by molar-refractivity contribution is 5.82. The molecule has 2 aromatic rings. The molecule has 0 spiro atoms. The minimum absolute atomic E-state index is 0.0784. The van der Waals surface area contributed by atoms with Gasteiger partial charge in [0.25, 0.3) is 0 Å². The van der Waals surface area contributed by atoms with E-state index < -0.39 is 0 Å². The summed E-state index contributed by atoms with van der Waals surface area (Å²) in [5.74, 6) is 0.947. The molecule has 0 aliphatic heterocycles. The molecule has 4 heteroatoms. The first-order valence-electron chi connectivity index (χ1n) is 8.21. The van der Waals surface area contributed by atoms with Crippen LogP contribution in [-0.2, 0) is 11.3 Å². The molecule has 2 rings (SSSR count). The number of carbonyl (C=O) groups is 1. The van der Waals surface area contributed by atoms with Gasteiger partial charge in [-0.2, -0.15) is 0 Å². The number of carbonyl (C=O) groups excluding carboxylic acids is 1. The van der Waals surface area contributed by atoms with E-state index in [-0.39, 0.29) is 11.9 Å². The molecule has 0 aromatic heterocycles. The van der Waals surface area contributed by atoms with Gasteiger partial charge >= 0.3 is 0 Å². The minimum atomic E-state index is -0.298. The van der Waals surface area contributed by atoms with Gasteiger partial charge in [0.05, 0.1) is 6.61 Å². The maximum absolute atomic E-state index is 12.7. The predicted octanol–water partition coefficient (Wildman–Crippen LogP) is 3.35. The van der Waals surface area contributed by atoms with Crippen molar-refractivity contribution in [3.05, 3.63) is 65.7 Å². The summed E-state index contributed by atoms with van der Waals surface area (Å²) in [4.78, 5) is 16.4. The Morgan fingerprint density at radius 1 is 1.00 bits per heavy atom. The van der Waals surface area contributed by atoms with E-state index in [0.717, 1.165) is 16.9 Å². The van der Waals surface area contributed by atoms with Gasteiger partial charge in [-0.25, -0.2) is 0 Å². The molecule has 0 saturated heterocycles. The molecule has 0 fully saturated rings. The van der Waals surface area contributed by atoms with Gasteiger partial charge in [0.2, 0.25) is 5.91 Å². The second kappa shape index (κ2) is 8.50. The normalized spacial score (nSPS) is 12.0. The highest BCUT2D eigenvalue weighted by Crippen LogP contribution is 2.23. The summed E-state index contributed by atoms with van der Waals surface area (Å²) in [6.45, 7) is 3.32. The van der Waals surface area contributed by atoms with Crippen LogP contribution in [0.15, 0.2) is 54.6 Å². The largest absolute Gasteiger partial charge is 0.494 e. The summed E-state index contributed by atoms with van der Waals surface area (Å²) in [7, 11) is 5.57. The Labute approximate surface area is 144 Å². The summed E-state index contributed by atoms with van der Waals surface area (Å²) in [5, 5.41) is 0. The topological polar surface area (TPSA) is 32.8 Å². The van der Waals surface area contributed by atoms with Crippen LogP contribution in [-0.4, -0.2) is 43.5 Å². The molecule has 0 N–H and O–H groups in total. The van der Waals surface area contributed by atoms with Crippen molar-refractivity contribution in [3.8, 4) is 5.75 Å². The zero-order valence-electron chi connectivity index (χ0n) is 14.9. The Morgan fingerprint density at radius 3 is 2.17 bits per heavy atom. The third-order valence-electron chi connectivity index (χ3n) is 3.90. The fraction of sp³-hybridized carbons (Fsp3) is 0.350. The van der Waals surface area contributed by atoms with E-state index in [1.165, 1.54) is 0 Å². The second-order valence-corrected chi connectivity index (χ2v) is 6.04. The quantitative estimate of drug-likeness (QED) is 0.782. The summed E-state index contributed by atoms with van der Waals surface area (Å²) in [5.41, 5.74) is 2.15. The van der Waals surface area contributed by atoms with Gasteiger partial charge in [0, 0.05) is 20.6 Å². The molecular formula is C20H26N2O2. The number of ether oxygens (including phenoxy) is 1. The van der Waals surface area contributed by atoms with E-state index in [1.807, 2.05) is 68.6 Å². The second-order valence-electron chi connectivity index (χ2n) is 6.04. The SMILES string of the molecule is CCOc1ccc(CN(C)C(C(=O)N(C)C)c2ccccc2)cc1. The highest BCUT2D eigenvalue weighted by atomic mass is 16.5. The van der Waals surface area contributed by atoms with E-state index in [9.17, 15) is 4.79 Å². The Hall–Kier alpha value is -2.33. The molecule has 0 radical (unpaired) electrons. The lowest BCUT2D eigenvalue weighted by molar-refractivity contribution is -0.134. The predicted molar refractivity (Wildman–Crippen MR) is 97.0 cm³/mol. The van der Waals surface area contributed by atoms with Crippen molar-refractivity contribution in [1.29, 1.82) is 0 Å². The fourth-order valence-corrected chi connectivity index (χ4v) is 2.70. The molecule has 0 bridgehead atoms. The number of hydrogen-bond donors (Lipinski definition) is 0. The summed E-state index contributed by atoms with van der Waals surface area (Å²) in [6.07, 6.45) is 0. The zero-order chi connectivity index (χ0) is 17.5. The third-order valence-corrected chi connectivity index (χ3v) is 3.90. The van der Waals surface area contributed by atoms with Crippen LogP contribution in [0.2, 0.25) is 0 Å². The molecule has 0 heterocycles. The van der Waals surface area contributed by atoms with Crippen LogP contribution in [0, 0.1) is 0 Å². The lowest BCUT2D eigenvalue weighted by atomic mass is 10.0. The standard InChI is InChI=1S/C20H26N2O2/c1-5-24-18-13-11-16(12-14-18)15-22(4)19(20(23)21(2)3)17-9-7-6-8-10-17/h6-14,19H,5,15H2,1-4H3. The van der Waals surface area contributed by atoms with Crippen LogP contribution >= 0.6 is 0 Å². The number of nitrogens with zero attached hydrogens (tertiary/aromatic N) is 2. The molecule has 128 valence electrons. The Balaban J connectivity index is 2.18. The van der Waals surface area contributed by atoms with Gasteiger partial charge in [-0.1, -0.05) is 42.5 Å². The van der Waals surface area contributed by atoms with E-state index in [0.29, 0.717) is 13.2 Å². The van der Waals surface area contributed by atoms with E-state index >= 15 is 0 Å². The molecule has 1 unspecified atom stereocenters. The molecule has 1 atom stereocenters. The van der Waals surface area contributed by atoms with Crippen LogP contribution in [0.4, 0.5) is 0 Å². The molecular weight excluding hydrogens is 300 g/mol. The maximum atomic E-state index is 12.7. The van der Waals surface area contributed by atoms with Gasteiger partial charge in [0.15, 0.2) is 0 Å². The van der Waals surface area contributed by atoms with Gasteiger partial charge < -0.3 is 9.64 Å². The van der Waals surface area contributed by atoms with Gasteiger partial charge in [-0.15, -0.1) is 0 Å². The molecule has 2 aromatic carbocycles. The molecule has 0 aliphatic carbocycles. The van der Waals surface area contributed by atoms with Crippen molar-refractivity contribution in [2.24, 2.45) is 0 Å². The van der Waals surface area contributed by atoms with Crippen molar-refractivity contribution in [2.75, 3.05) is 27.7 Å². The lowest BCUT2D eigenvalue weighted by Crippen LogP contribution is -2.37. The van der Waals surface area contributed by atoms with Crippen molar-refractivity contribution >= 4 is 5.91 Å². The monoisotopic (exact) mass is 326 g/mol. The fourth-order valence-electron chi connectivity index (χ4n) is 2.70. The van der Waals surface area contributed by atoms with Crippen LogP contribution in [0.1, 0.15) is 24.1 Å². The van der Waals surface area contributed by atoms with E-state index in [4.69, 9.17) is 4.74 Å². The van der Waals surface area contributed by atoms with Gasteiger partial charge in [-0.05, 0) is 37.2 Å². The number of rotatable bonds is 7. The van der Waals surface area contributed by atoms with Crippen LogP contribution in [0.5, 0.6) is 5.75 Å². The van der Waals surface area contributed by atoms with E-state index in [2.05, 4.69) is 4.90 Å². The van der Waals surface area contributed by atoms with Crippen molar-refractivity contribution in [2.45, 2.75) is 19.5 Å². The highest BCUT2D eigenvalue weighted by Gasteiger charge is 2.26. The number of benzene rings is 2. The van der Waals surface area contributed by atoms with Crippen LogP contribution in [0.25, 0.3) is 0 Å². The first-order valence-corrected chi connectivity index (χ1v) is 8.21. The average molecular weight is 326 g/mol. The molecule has 0 saturated carbocycles. The minimum Gasteiger partial charge on any atom is -0.494 e. The molecule has 0 aliphatic rings.